The molecule has 1 aliphatic rings. The number of methoxy groups -OCH3 is 1. The van der Waals surface area contributed by atoms with Gasteiger partial charge in [-0.1, -0.05) is 0 Å². The van der Waals surface area contributed by atoms with Crippen molar-refractivity contribution in [3.63, 3.8) is 0 Å². The highest BCUT2D eigenvalue weighted by atomic mass is 79.9. The Bertz CT molecular complexity index is 586. The molecule has 2 rings (SSSR count). The standard InChI is InChI=1S/C13H20BrN3O3S/c1-20-11-2-3-12(14)13(8-11)16-21(18,19)17-6-4-10(9-15)5-7-17/h2-3,8,10,16H,4-7,9,15H2,1H3. The number of halogens is 1. The Balaban J connectivity index is 2.11. The van der Waals surface area contributed by atoms with E-state index in [2.05, 4.69) is 20.7 Å². The van der Waals surface area contributed by atoms with Gasteiger partial charge in [0, 0.05) is 23.6 Å². The summed E-state index contributed by atoms with van der Waals surface area (Å²) in [5.74, 6) is 1.01. The van der Waals surface area contributed by atoms with E-state index in [1.807, 2.05) is 0 Å². The number of anilines is 1. The van der Waals surface area contributed by atoms with Gasteiger partial charge in [0.1, 0.15) is 5.75 Å². The van der Waals surface area contributed by atoms with Gasteiger partial charge in [-0.15, -0.1) is 0 Å². The molecule has 0 unspecified atom stereocenters. The van der Waals surface area contributed by atoms with Crippen molar-refractivity contribution in [3.05, 3.63) is 22.7 Å². The summed E-state index contributed by atoms with van der Waals surface area (Å²) in [6.45, 7) is 1.61. The maximum absolute atomic E-state index is 12.4. The quantitative estimate of drug-likeness (QED) is 0.818. The van der Waals surface area contributed by atoms with Gasteiger partial charge in [-0.25, -0.2) is 0 Å². The first-order valence-corrected chi connectivity index (χ1v) is 9.01. The van der Waals surface area contributed by atoms with E-state index in [-0.39, 0.29) is 0 Å². The van der Waals surface area contributed by atoms with Crippen LogP contribution >= 0.6 is 15.9 Å². The minimum Gasteiger partial charge on any atom is -0.497 e. The molecule has 0 atom stereocenters. The van der Waals surface area contributed by atoms with E-state index in [0.717, 1.165) is 12.8 Å². The van der Waals surface area contributed by atoms with Gasteiger partial charge in [-0.05, 0) is 53.4 Å². The van der Waals surface area contributed by atoms with Crippen LogP contribution in [0, 0.1) is 5.92 Å². The molecule has 21 heavy (non-hydrogen) atoms. The Labute approximate surface area is 134 Å². The molecule has 0 aromatic heterocycles. The van der Waals surface area contributed by atoms with Crippen molar-refractivity contribution in [3.8, 4) is 5.75 Å². The second-order valence-electron chi connectivity index (χ2n) is 5.03. The van der Waals surface area contributed by atoms with E-state index >= 15 is 0 Å². The summed E-state index contributed by atoms with van der Waals surface area (Å²) >= 11 is 3.34. The number of nitrogens with one attached hydrogen (secondary N) is 1. The van der Waals surface area contributed by atoms with Gasteiger partial charge in [-0.2, -0.15) is 12.7 Å². The lowest BCUT2D eigenvalue weighted by molar-refractivity contribution is 0.280. The van der Waals surface area contributed by atoms with Crippen LogP contribution in [-0.4, -0.2) is 39.5 Å². The normalized spacial score (nSPS) is 17.7. The summed E-state index contributed by atoms with van der Waals surface area (Å²) in [5, 5.41) is 0. The molecule has 0 saturated carbocycles. The third kappa shape index (κ3) is 4.09. The number of ether oxygens (including phenoxy) is 1. The molecule has 118 valence electrons. The molecule has 1 aliphatic heterocycles. The lowest BCUT2D eigenvalue weighted by atomic mass is 9.99. The largest absolute Gasteiger partial charge is 0.497 e. The summed E-state index contributed by atoms with van der Waals surface area (Å²) in [6, 6.07) is 5.15. The van der Waals surface area contributed by atoms with Crippen LogP contribution in [0.3, 0.4) is 0 Å². The Kier molecular flexibility index (Phi) is 5.48. The molecule has 1 aromatic rings. The monoisotopic (exact) mass is 377 g/mol. The first-order valence-electron chi connectivity index (χ1n) is 6.77. The first-order chi connectivity index (χ1) is 9.96. The fourth-order valence-electron chi connectivity index (χ4n) is 2.30. The average Bonchev–Trinajstić information content (AvgIpc) is 2.49. The number of nitrogens with two attached hydrogens (primary N) is 1. The maximum Gasteiger partial charge on any atom is 0.301 e. The molecule has 0 aliphatic carbocycles. The van der Waals surface area contributed by atoms with Gasteiger partial charge in [0.15, 0.2) is 0 Å². The highest BCUT2D eigenvalue weighted by molar-refractivity contribution is 9.10. The summed E-state index contributed by atoms with van der Waals surface area (Å²) in [4.78, 5) is 0. The Morgan fingerprint density at radius 3 is 2.67 bits per heavy atom. The number of benzene rings is 1. The predicted molar refractivity (Wildman–Crippen MR) is 86.6 cm³/mol. The van der Waals surface area contributed by atoms with Crippen LogP contribution in [-0.2, 0) is 10.2 Å². The molecular weight excluding hydrogens is 358 g/mol. The fraction of sp³-hybridized carbons (Fsp3) is 0.538. The zero-order valence-electron chi connectivity index (χ0n) is 11.9. The zero-order valence-corrected chi connectivity index (χ0v) is 14.3. The highest BCUT2D eigenvalue weighted by Gasteiger charge is 2.27. The second-order valence-corrected chi connectivity index (χ2v) is 7.56. The summed E-state index contributed by atoms with van der Waals surface area (Å²) in [5.41, 5.74) is 6.10. The molecule has 0 amide bonds. The van der Waals surface area contributed by atoms with E-state index in [1.54, 1.807) is 25.3 Å². The van der Waals surface area contributed by atoms with E-state index < -0.39 is 10.2 Å². The van der Waals surface area contributed by atoms with Gasteiger partial charge in [0.05, 0.1) is 12.8 Å². The topological polar surface area (TPSA) is 84.7 Å². The van der Waals surface area contributed by atoms with Gasteiger partial charge in [0.2, 0.25) is 0 Å². The van der Waals surface area contributed by atoms with E-state index in [4.69, 9.17) is 10.5 Å². The van der Waals surface area contributed by atoms with Crippen molar-refractivity contribution in [2.75, 3.05) is 31.5 Å². The lowest BCUT2D eigenvalue weighted by Gasteiger charge is -2.30. The van der Waals surface area contributed by atoms with Crippen LogP contribution in [0.5, 0.6) is 5.75 Å². The van der Waals surface area contributed by atoms with E-state index in [0.29, 0.717) is 41.5 Å². The number of piperidine rings is 1. The van der Waals surface area contributed by atoms with Crippen molar-refractivity contribution in [2.24, 2.45) is 11.7 Å². The van der Waals surface area contributed by atoms with Crippen LogP contribution in [0.1, 0.15) is 12.8 Å². The molecule has 0 spiro atoms. The fourth-order valence-corrected chi connectivity index (χ4v) is 4.04. The number of hydrogen-bond donors (Lipinski definition) is 2. The molecule has 3 N–H and O–H groups in total. The van der Waals surface area contributed by atoms with Crippen LogP contribution < -0.4 is 15.2 Å². The van der Waals surface area contributed by atoms with E-state index in [9.17, 15) is 8.42 Å². The number of hydrogen-bond acceptors (Lipinski definition) is 4. The number of nitrogens with zero attached hydrogens (tertiary/aromatic N) is 1. The van der Waals surface area contributed by atoms with Gasteiger partial charge < -0.3 is 10.5 Å². The van der Waals surface area contributed by atoms with E-state index in [1.165, 1.54) is 4.31 Å². The first kappa shape index (κ1) is 16.5. The Morgan fingerprint density at radius 2 is 2.10 bits per heavy atom. The van der Waals surface area contributed by atoms with Gasteiger partial charge in [0.25, 0.3) is 0 Å². The molecule has 1 heterocycles. The lowest BCUT2D eigenvalue weighted by Crippen LogP contribution is -2.42. The Hall–Kier alpha value is -0.830. The summed E-state index contributed by atoms with van der Waals surface area (Å²) in [7, 11) is -2.02. The third-order valence-corrected chi connectivity index (χ3v) is 5.87. The minimum absolute atomic E-state index is 0.417. The molecule has 1 aromatic carbocycles. The van der Waals surface area contributed by atoms with Crippen LogP contribution in [0.25, 0.3) is 0 Å². The molecule has 8 heteroatoms. The summed E-state index contributed by atoms with van der Waals surface area (Å²) < 4.78 is 34.7. The van der Waals surface area contributed by atoms with Crippen LogP contribution in [0.15, 0.2) is 22.7 Å². The molecule has 1 fully saturated rings. The molecule has 0 bridgehead atoms. The van der Waals surface area contributed by atoms with Gasteiger partial charge in [-0.3, -0.25) is 4.72 Å². The van der Waals surface area contributed by atoms with Gasteiger partial charge >= 0.3 is 10.2 Å². The number of rotatable bonds is 5. The molecular formula is C13H20BrN3O3S. The van der Waals surface area contributed by atoms with Crippen molar-refractivity contribution >= 4 is 31.8 Å². The zero-order chi connectivity index (χ0) is 15.5. The molecule has 1 saturated heterocycles. The third-order valence-electron chi connectivity index (χ3n) is 3.66. The summed E-state index contributed by atoms with van der Waals surface area (Å²) in [6.07, 6.45) is 1.60. The van der Waals surface area contributed by atoms with Crippen molar-refractivity contribution in [2.45, 2.75) is 12.8 Å². The Morgan fingerprint density at radius 1 is 1.43 bits per heavy atom. The van der Waals surface area contributed by atoms with Crippen molar-refractivity contribution in [1.82, 2.24) is 4.31 Å². The predicted octanol–water partition coefficient (Wildman–Crippen LogP) is 1.79. The molecule has 0 radical (unpaired) electrons. The highest BCUT2D eigenvalue weighted by Crippen LogP contribution is 2.29. The SMILES string of the molecule is COc1ccc(Br)c(NS(=O)(=O)N2CCC(CN)CC2)c1. The van der Waals surface area contributed by atoms with Crippen LogP contribution in [0.4, 0.5) is 5.69 Å². The second kappa shape index (κ2) is 6.95. The van der Waals surface area contributed by atoms with Crippen LogP contribution in [0.2, 0.25) is 0 Å². The minimum atomic E-state index is -3.56. The van der Waals surface area contributed by atoms with Crippen molar-refractivity contribution < 1.29 is 13.2 Å². The maximum atomic E-state index is 12.4. The van der Waals surface area contributed by atoms with Crippen molar-refractivity contribution in [1.29, 1.82) is 0 Å². The smallest absolute Gasteiger partial charge is 0.301 e. The average molecular weight is 378 g/mol. The molecule has 6 nitrogen and oxygen atoms in total.